The van der Waals surface area contributed by atoms with Gasteiger partial charge in [-0.1, -0.05) is 36.4 Å². The highest BCUT2D eigenvalue weighted by molar-refractivity contribution is 7.10. The average molecular weight is 344 g/mol. The van der Waals surface area contributed by atoms with Crippen molar-refractivity contribution in [3.63, 3.8) is 0 Å². The molecule has 1 saturated heterocycles. The number of rotatable bonds is 5. The summed E-state index contributed by atoms with van der Waals surface area (Å²) in [5, 5.41) is 5.25. The van der Waals surface area contributed by atoms with Gasteiger partial charge in [-0.3, -0.25) is 9.69 Å². The van der Waals surface area contributed by atoms with Crippen molar-refractivity contribution in [2.45, 2.75) is 32.1 Å². The van der Waals surface area contributed by atoms with Crippen LogP contribution in [0.25, 0.3) is 0 Å². The molecule has 3 rings (SSSR count). The van der Waals surface area contributed by atoms with E-state index in [1.807, 2.05) is 29.6 Å². The molecule has 5 heteroatoms. The predicted molar refractivity (Wildman–Crippen MR) is 97.2 cm³/mol. The molecule has 4 nitrogen and oxygen atoms in total. The lowest BCUT2D eigenvalue weighted by Gasteiger charge is -2.35. The van der Waals surface area contributed by atoms with Crippen molar-refractivity contribution >= 4 is 17.2 Å². The molecule has 0 aliphatic carbocycles. The lowest BCUT2D eigenvalue weighted by Crippen LogP contribution is -2.49. The number of nitrogens with zero attached hydrogens (tertiary/aromatic N) is 1. The Balaban J connectivity index is 1.68. The molecule has 0 saturated carbocycles. The van der Waals surface area contributed by atoms with Gasteiger partial charge in [0, 0.05) is 18.0 Å². The van der Waals surface area contributed by atoms with Crippen LogP contribution in [0.15, 0.2) is 47.8 Å². The van der Waals surface area contributed by atoms with Crippen molar-refractivity contribution in [3.8, 4) is 0 Å². The number of carbonyl (C=O) groups excluding carboxylic acids is 1. The summed E-state index contributed by atoms with van der Waals surface area (Å²) in [5.74, 6) is 0.0542. The second-order valence-electron chi connectivity index (χ2n) is 6.38. The number of hydrogen-bond donors (Lipinski definition) is 1. The van der Waals surface area contributed by atoms with Crippen LogP contribution in [0.4, 0.5) is 0 Å². The van der Waals surface area contributed by atoms with Crippen molar-refractivity contribution in [3.05, 3.63) is 58.3 Å². The summed E-state index contributed by atoms with van der Waals surface area (Å²) in [4.78, 5) is 15.9. The minimum absolute atomic E-state index is 0.0542. The first-order valence-corrected chi connectivity index (χ1v) is 9.25. The van der Waals surface area contributed by atoms with Crippen LogP contribution < -0.4 is 5.32 Å². The lowest BCUT2D eigenvalue weighted by molar-refractivity contribution is -0.126. The number of hydrogen-bond acceptors (Lipinski definition) is 4. The monoisotopic (exact) mass is 344 g/mol. The molecule has 128 valence electrons. The minimum atomic E-state index is -0.0883. The maximum Gasteiger partial charge on any atom is 0.234 e. The summed E-state index contributed by atoms with van der Waals surface area (Å²) < 4.78 is 5.74. The van der Waals surface area contributed by atoms with Gasteiger partial charge in [0.1, 0.15) is 0 Å². The second kappa shape index (κ2) is 7.92. The molecule has 2 heterocycles. The van der Waals surface area contributed by atoms with Gasteiger partial charge in [-0.25, -0.2) is 0 Å². The fourth-order valence-electron chi connectivity index (χ4n) is 3.24. The van der Waals surface area contributed by atoms with Gasteiger partial charge in [-0.05, 0) is 30.9 Å². The van der Waals surface area contributed by atoms with Gasteiger partial charge in [0.25, 0.3) is 0 Å². The molecule has 1 aromatic heterocycles. The Hall–Kier alpha value is -1.69. The van der Waals surface area contributed by atoms with E-state index in [-0.39, 0.29) is 24.2 Å². The summed E-state index contributed by atoms with van der Waals surface area (Å²) in [5.41, 5.74) is 1.11. The van der Waals surface area contributed by atoms with Crippen LogP contribution in [0.2, 0.25) is 0 Å². The van der Waals surface area contributed by atoms with Crippen molar-refractivity contribution in [1.82, 2.24) is 10.2 Å². The van der Waals surface area contributed by atoms with Crippen molar-refractivity contribution < 1.29 is 9.53 Å². The molecule has 0 spiro atoms. The summed E-state index contributed by atoms with van der Waals surface area (Å²) >= 11 is 1.67. The van der Waals surface area contributed by atoms with Gasteiger partial charge in [0.15, 0.2) is 0 Å². The quantitative estimate of drug-likeness (QED) is 0.906. The zero-order valence-corrected chi connectivity index (χ0v) is 15.0. The van der Waals surface area contributed by atoms with E-state index >= 15 is 0 Å². The standard InChI is InChI=1S/C19H24N2O2S/c1-14-11-21(12-15(2)23-14)13-18(22)20-19(17-9-6-10-24-17)16-7-4-3-5-8-16/h3-10,14-15,19H,11-13H2,1-2H3,(H,20,22). The van der Waals surface area contributed by atoms with E-state index in [2.05, 4.69) is 42.3 Å². The van der Waals surface area contributed by atoms with E-state index in [9.17, 15) is 4.79 Å². The topological polar surface area (TPSA) is 41.6 Å². The Kier molecular flexibility index (Phi) is 5.66. The number of benzene rings is 1. The van der Waals surface area contributed by atoms with Crippen LogP contribution in [0.1, 0.15) is 30.3 Å². The number of amides is 1. The number of thiophene rings is 1. The first kappa shape index (κ1) is 17.1. The Morgan fingerprint density at radius 3 is 2.54 bits per heavy atom. The van der Waals surface area contributed by atoms with Crippen molar-refractivity contribution in [2.75, 3.05) is 19.6 Å². The zero-order valence-electron chi connectivity index (χ0n) is 14.1. The van der Waals surface area contributed by atoms with E-state index in [1.54, 1.807) is 11.3 Å². The molecular weight excluding hydrogens is 320 g/mol. The maximum atomic E-state index is 12.6. The van der Waals surface area contributed by atoms with Gasteiger partial charge in [-0.2, -0.15) is 0 Å². The van der Waals surface area contributed by atoms with Gasteiger partial charge in [-0.15, -0.1) is 11.3 Å². The van der Waals surface area contributed by atoms with Crippen LogP contribution in [-0.2, 0) is 9.53 Å². The highest BCUT2D eigenvalue weighted by Gasteiger charge is 2.25. The van der Waals surface area contributed by atoms with E-state index in [4.69, 9.17) is 4.74 Å². The van der Waals surface area contributed by atoms with E-state index in [1.165, 1.54) is 0 Å². The highest BCUT2D eigenvalue weighted by Crippen LogP contribution is 2.25. The third-order valence-electron chi connectivity index (χ3n) is 4.13. The summed E-state index contributed by atoms with van der Waals surface area (Å²) in [6.07, 6.45) is 0.340. The molecule has 0 bridgehead atoms. The van der Waals surface area contributed by atoms with Crippen LogP contribution in [0, 0.1) is 0 Å². The van der Waals surface area contributed by atoms with Crippen molar-refractivity contribution in [2.24, 2.45) is 0 Å². The Bertz CT molecular complexity index is 635. The first-order chi connectivity index (χ1) is 11.6. The molecule has 1 aromatic carbocycles. The first-order valence-electron chi connectivity index (χ1n) is 8.37. The van der Waals surface area contributed by atoms with Gasteiger partial charge in [0.05, 0.1) is 24.8 Å². The third-order valence-corrected chi connectivity index (χ3v) is 5.07. The summed E-state index contributed by atoms with van der Waals surface area (Å²) in [6, 6.07) is 14.1. The second-order valence-corrected chi connectivity index (χ2v) is 7.36. The fraction of sp³-hybridized carbons (Fsp3) is 0.421. The third kappa shape index (κ3) is 4.44. The average Bonchev–Trinajstić information content (AvgIpc) is 3.06. The van der Waals surface area contributed by atoms with Crippen LogP contribution in [0.5, 0.6) is 0 Å². The highest BCUT2D eigenvalue weighted by atomic mass is 32.1. The molecule has 3 atom stereocenters. The Morgan fingerprint density at radius 2 is 1.92 bits per heavy atom. The minimum Gasteiger partial charge on any atom is -0.373 e. The van der Waals surface area contributed by atoms with Crippen LogP contribution in [-0.4, -0.2) is 42.6 Å². The maximum absolute atomic E-state index is 12.6. The largest absolute Gasteiger partial charge is 0.373 e. The Morgan fingerprint density at radius 1 is 1.21 bits per heavy atom. The Labute approximate surface area is 147 Å². The van der Waals surface area contributed by atoms with E-state index in [0.717, 1.165) is 23.5 Å². The SMILES string of the molecule is CC1CN(CC(=O)NC(c2ccccc2)c2cccs2)CC(C)O1. The van der Waals surface area contributed by atoms with Gasteiger partial charge < -0.3 is 10.1 Å². The molecule has 1 aliphatic rings. The number of carbonyl (C=O) groups is 1. The molecule has 0 radical (unpaired) electrons. The van der Waals surface area contributed by atoms with Crippen LogP contribution >= 0.6 is 11.3 Å². The number of nitrogens with one attached hydrogen (secondary N) is 1. The van der Waals surface area contributed by atoms with E-state index in [0.29, 0.717) is 6.54 Å². The number of morpholine rings is 1. The zero-order chi connectivity index (χ0) is 16.9. The normalized spacial score (nSPS) is 22.9. The summed E-state index contributed by atoms with van der Waals surface area (Å²) in [7, 11) is 0. The van der Waals surface area contributed by atoms with Crippen LogP contribution in [0.3, 0.4) is 0 Å². The molecule has 1 amide bonds. The molecule has 2 aromatic rings. The molecular formula is C19H24N2O2S. The molecule has 1 N–H and O–H groups in total. The molecule has 24 heavy (non-hydrogen) atoms. The molecule has 3 unspecified atom stereocenters. The smallest absolute Gasteiger partial charge is 0.234 e. The summed E-state index contributed by atoms with van der Waals surface area (Å²) in [6.45, 7) is 6.12. The fourth-order valence-corrected chi connectivity index (χ4v) is 4.05. The molecule has 1 fully saturated rings. The predicted octanol–water partition coefficient (Wildman–Crippen LogP) is 3.06. The van der Waals surface area contributed by atoms with Crippen molar-refractivity contribution in [1.29, 1.82) is 0 Å². The van der Waals surface area contributed by atoms with Gasteiger partial charge >= 0.3 is 0 Å². The molecule has 1 aliphatic heterocycles. The van der Waals surface area contributed by atoms with Gasteiger partial charge in [0.2, 0.25) is 5.91 Å². The van der Waals surface area contributed by atoms with E-state index < -0.39 is 0 Å². The number of ether oxygens (including phenoxy) is 1. The lowest BCUT2D eigenvalue weighted by atomic mass is 10.1.